The van der Waals surface area contributed by atoms with Gasteiger partial charge in [-0.1, -0.05) is 0 Å². The molecule has 2 rings (SSSR count). The number of phenols is 1. The van der Waals surface area contributed by atoms with E-state index < -0.39 is 5.91 Å². The first-order chi connectivity index (χ1) is 8.95. The smallest absolute Gasteiger partial charge is 0.260 e. The number of aryl methyl sites for hydroxylation is 2. The van der Waals surface area contributed by atoms with Gasteiger partial charge in [-0.2, -0.15) is 0 Å². The fourth-order valence-electron chi connectivity index (χ4n) is 1.69. The van der Waals surface area contributed by atoms with Crippen molar-refractivity contribution in [2.75, 3.05) is 11.1 Å². The van der Waals surface area contributed by atoms with Gasteiger partial charge in [-0.05, 0) is 38.1 Å². The van der Waals surface area contributed by atoms with Crippen LogP contribution in [0, 0.1) is 13.8 Å². The predicted octanol–water partition coefficient (Wildman–Crippen LogP) is 1.63. The molecule has 2 aromatic rings. The van der Waals surface area contributed by atoms with E-state index in [9.17, 15) is 9.90 Å². The molecule has 0 unspecified atom stereocenters. The molecule has 0 aliphatic rings. The Morgan fingerprint density at radius 3 is 2.47 bits per heavy atom. The highest BCUT2D eigenvalue weighted by atomic mass is 16.3. The first-order valence-corrected chi connectivity index (χ1v) is 5.68. The molecule has 19 heavy (non-hydrogen) atoms. The van der Waals surface area contributed by atoms with Gasteiger partial charge < -0.3 is 10.8 Å². The lowest BCUT2D eigenvalue weighted by molar-refractivity contribution is 0.102. The molecule has 1 aromatic carbocycles. The number of anilines is 2. The number of nitrogens with zero attached hydrogens (tertiary/aromatic N) is 2. The summed E-state index contributed by atoms with van der Waals surface area (Å²) in [6, 6.07) is 5.98. The molecule has 98 valence electrons. The fourth-order valence-corrected chi connectivity index (χ4v) is 1.69. The second-order valence-electron chi connectivity index (χ2n) is 4.20. The Balaban J connectivity index is 2.28. The third-order valence-corrected chi connectivity index (χ3v) is 2.49. The largest absolute Gasteiger partial charge is 0.508 e. The van der Waals surface area contributed by atoms with Gasteiger partial charge in [-0.3, -0.25) is 10.1 Å². The number of amides is 1. The normalized spacial score (nSPS) is 10.2. The standard InChI is InChI=1S/C13H14N4O2/c1-7-5-8(2)16-13(15-7)17-12(19)10-6-9(18)3-4-11(10)14/h3-6,18H,14H2,1-2H3,(H,15,16,17,19). The molecule has 0 bridgehead atoms. The number of nitrogens with two attached hydrogens (primary N) is 1. The van der Waals surface area contributed by atoms with Crippen LogP contribution in [0.2, 0.25) is 0 Å². The maximum absolute atomic E-state index is 12.0. The Hall–Kier alpha value is -2.63. The summed E-state index contributed by atoms with van der Waals surface area (Å²) < 4.78 is 0. The van der Waals surface area contributed by atoms with Crippen molar-refractivity contribution in [3.63, 3.8) is 0 Å². The summed E-state index contributed by atoms with van der Waals surface area (Å²) in [7, 11) is 0. The van der Waals surface area contributed by atoms with Crippen molar-refractivity contribution in [2.24, 2.45) is 0 Å². The van der Waals surface area contributed by atoms with Crippen molar-refractivity contribution in [1.29, 1.82) is 0 Å². The van der Waals surface area contributed by atoms with Crippen LogP contribution < -0.4 is 11.1 Å². The van der Waals surface area contributed by atoms with Crippen LogP contribution in [0.5, 0.6) is 5.75 Å². The third kappa shape index (κ3) is 2.98. The number of hydrogen-bond acceptors (Lipinski definition) is 5. The Morgan fingerprint density at radius 2 is 1.84 bits per heavy atom. The third-order valence-electron chi connectivity index (χ3n) is 2.49. The van der Waals surface area contributed by atoms with E-state index in [4.69, 9.17) is 5.73 Å². The molecule has 0 fully saturated rings. The van der Waals surface area contributed by atoms with Crippen LogP contribution in [0.3, 0.4) is 0 Å². The molecule has 0 spiro atoms. The molecule has 6 heteroatoms. The van der Waals surface area contributed by atoms with E-state index in [2.05, 4.69) is 15.3 Å². The number of carbonyl (C=O) groups is 1. The number of rotatable bonds is 2. The number of carbonyl (C=O) groups excluding carboxylic acids is 1. The van der Waals surface area contributed by atoms with Crippen LogP contribution >= 0.6 is 0 Å². The summed E-state index contributed by atoms with van der Waals surface area (Å²) in [4.78, 5) is 20.2. The van der Waals surface area contributed by atoms with Crippen molar-refractivity contribution in [2.45, 2.75) is 13.8 Å². The summed E-state index contributed by atoms with van der Waals surface area (Å²) in [6.07, 6.45) is 0. The number of nitrogens with one attached hydrogen (secondary N) is 1. The summed E-state index contributed by atoms with van der Waals surface area (Å²) in [6.45, 7) is 3.63. The topological polar surface area (TPSA) is 101 Å². The van der Waals surface area contributed by atoms with Gasteiger partial charge in [0, 0.05) is 17.1 Å². The molecule has 4 N–H and O–H groups in total. The van der Waals surface area contributed by atoms with Gasteiger partial charge in [0.15, 0.2) is 0 Å². The minimum absolute atomic E-state index is 0.0271. The van der Waals surface area contributed by atoms with E-state index in [0.717, 1.165) is 11.4 Å². The van der Waals surface area contributed by atoms with Crippen LogP contribution in [0.1, 0.15) is 21.7 Å². The van der Waals surface area contributed by atoms with E-state index in [-0.39, 0.29) is 22.9 Å². The minimum Gasteiger partial charge on any atom is -0.508 e. The lowest BCUT2D eigenvalue weighted by Crippen LogP contribution is -2.16. The minimum atomic E-state index is -0.460. The number of aromatic nitrogens is 2. The van der Waals surface area contributed by atoms with Crippen LogP contribution in [0.15, 0.2) is 24.3 Å². The first-order valence-electron chi connectivity index (χ1n) is 5.68. The molecule has 0 atom stereocenters. The molecular weight excluding hydrogens is 244 g/mol. The molecule has 1 heterocycles. The van der Waals surface area contributed by atoms with Gasteiger partial charge in [-0.25, -0.2) is 9.97 Å². The predicted molar refractivity (Wildman–Crippen MR) is 72.0 cm³/mol. The summed E-state index contributed by atoms with van der Waals surface area (Å²) in [5.74, 6) is -0.274. The Kier molecular flexibility index (Phi) is 3.33. The molecule has 0 radical (unpaired) electrons. The highest BCUT2D eigenvalue weighted by Gasteiger charge is 2.12. The van der Waals surface area contributed by atoms with Crippen LogP contribution in [-0.2, 0) is 0 Å². The molecule has 0 saturated heterocycles. The van der Waals surface area contributed by atoms with Crippen LogP contribution in [0.25, 0.3) is 0 Å². The quantitative estimate of drug-likeness (QED) is 0.561. The lowest BCUT2D eigenvalue weighted by atomic mass is 10.1. The highest BCUT2D eigenvalue weighted by molar-refractivity contribution is 6.07. The molecule has 0 saturated carbocycles. The second kappa shape index (κ2) is 4.93. The number of phenolic OH excluding ortho intramolecular Hbond substituents is 1. The number of aromatic hydroxyl groups is 1. The van der Waals surface area contributed by atoms with Gasteiger partial charge in [0.2, 0.25) is 5.95 Å². The molecule has 1 amide bonds. The Labute approximate surface area is 110 Å². The Bertz CT molecular complexity index is 620. The summed E-state index contributed by atoms with van der Waals surface area (Å²) >= 11 is 0. The Morgan fingerprint density at radius 1 is 1.21 bits per heavy atom. The van der Waals surface area contributed by atoms with Crippen molar-refractivity contribution in [3.8, 4) is 5.75 Å². The second-order valence-corrected chi connectivity index (χ2v) is 4.20. The average molecular weight is 258 g/mol. The number of nitrogen functional groups attached to an aromatic ring is 1. The van der Waals surface area contributed by atoms with E-state index in [1.54, 1.807) is 6.07 Å². The number of benzene rings is 1. The van der Waals surface area contributed by atoms with Gasteiger partial charge >= 0.3 is 0 Å². The molecule has 1 aromatic heterocycles. The van der Waals surface area contributed by atoms with Gasteiger partial charge in [0.1, 0.15) is 5.75 Å². The zero-order valence-corrected chi connectivity index (χ0v) is 10.6. The van der Waals surface area contributed by atoms with Crippen molar-refractivity contribution in [1.82, 2.24) is 9.97 Å². The fraction of sp³-hybridized carbons (Fsp3) is 0.154. The molecule has 0 aliphatic heterocycles. The van der Waals surface area contributed by atoms with Crippen molar-refractivity contribution >= 4 is 17.5 Å². The zero-order valence-electron chi connectivity index (χ0n) is 10.6. The van der Waals surface area contributed by atoms with Crippen LogP contribution in [-0.4, -0.2) is 21.0 Å². The van der Waals surface area contributed by atoms with Crippen molar-refractivity contribution < 1.29 is 9.90 Å². The van der Waals surface area contributed by atoms with Gasteiger partial charge in [0.25, 0.3) is 5.91 Å². The van der Waals surface area contributed by atoms with E-state index in [1.165, 1.54) is 18.2 Å². The first kappa shape index (κ1) is 12.8. The summed E-state index contributed by atoms with van der Waals surface area (Å²) in [5, 5.41) is 11.9. The van der Waals surface area contributed by atoms with Crippen LogP contribution in [0.4, 0.5) is 11.6 Å². The SMILES string of the molecule is Cc1cc(C)nc(NC(=O)c2cc(O)ccc2N)n1. The molecule has 6 nitrogen and oxygen atoms in total. The van der Waals surface area contributed by atoms with Gasteiger partial charge in [-0.15, -0.1) is 0 Å². The maximum atomic E-state index is 12.0. The highest BCUT2D eigenvalue weighted by Crippen LogP contribution is 2.19. The molecule has 0 aliphatic carbocycles. The zero-order chi connectivity index (χ0) is 14.0. The van der Waals surface area contributed by atoms with Crippen molar-refractivity contribution in [3.05, 3.63) is 41.2 Å². The summed E-state index contributed by atoms with van der Waals surface area (Å²) in [5.41, 5.74) is 7.66. The van der Waals surface area contributed by atoms with E-state index in [0.29, 0.717) is 0 Å². The number of hydrogen-bond donors (Lipinski definition) is 3. The monoisotopic (exact) mass is 258 g/mol. The van der Waals surface area contributed by atoms with Gasteiger partial charge in [0.05, 0.1) is 5.56 Å². The maximum Gasteiger partial charge on any atom is 0.260 e. The van der Waals surface area contributed by atoms with E-state index >= 15 is 0 Å². The lowest BCUT2D eigenvalue weighted by Gasteiger charge is -2.07. The molecular formula is C13H14N4O2. The van der Waals surface area contributed by atoms with E-state index in [1.807, 2.05) is 13.8 Å². The average Bonchev–Trinajstić information content (AvgIpc) is 2.30.